The fraction of sp³-hybridized carbons (Fsp3) is 0.381. The molecule has 27 heavy (non-hydrogen) atoms. The monoisotopic (exact) mass is 365 g/mol. The highest BCUT2D eigenvalue weighted by Crippen LogP contribution is 2.35. The van der Waals surface area contributed by atoms with E-state index in [1.165, 1.54) is 31.4 Å². The number of hydroxylamine groups is 1. The maximum absolute atomic E-state index is 13.3. The van der Waals surface area contributed by atoms with Crippen molar-refractivity contribution in [1.82, 2.24) is 4.90 Å². The molecule has 0 spiro atoms. The molecule has 140 valence electrons. The molecule has 1 unspecified atom stereocenters. The van der Waals surface area contributed by atoms with Crippen LogP contribution in [-0.4, -0.2) is 32.9 Å². The Morgan fingerprint density at radius 3 is 2.26 bits per heavy atom. The molecule has 6 nitrogen and oxygen atoms in total. The summed E-state index contributed by atoms with van der Waals surface area (Å²) in [6.07, 6.45) is 5.57. The van der Waals surface area contributed by atoms with Crippen LogP contribution in [0.5, 0.6) is 0 Å². The fourth-order valence-corrected chi connectivity index (χ4v) is 4.30. The second kappa shape index (κ2) is 7.48. The molecule has 0 amide bonds. The molecule has 1 aliphatic heterocycles. The largest absolute Gasteiger partial charge is 0.622 e. The van der Waals surface area contributed by atoms with E-state index in [1.807, 2.05) is 30.3 Å². The molecule has 2 aromatic carbocycles. The van der Waals surface area contributed by atoms with Gasteiger partial charge < -0.3 is 5.21 Å². The summed E-state index contributed by atoms with van der Waals surface area (Å²) in [5, 5.41) is 24.2. The van der Waals surface area contributed by atoms with Crippen molar-refractivity contribution >= 4 is 11.4 Å². The lowest BCUT2D eigenvalue weighted by atomic mass is 9.93. The number of non-ortho nitro benzene ring substituents is 1. The zero-order valence-electron chi connectivity index (χ0n) is 15.2. The van der Waals surface area contributed by atoms with E-state index in [4.69, 9.17) is 0 Å². The summed E-state index contributed by atoms with van der Waals surface area (Å²) in [5.74, 6) is 0. The topological polar surface area (TPSA) is 72.4 Å². The molecule has 1 saturated carbocycles. The summed E-state index contributed by atoms with van der Waals surface area (Å²) in [4.78, 5) is 12.8. The van der Waals surface area contributed by atoms with Crippen molar-refractivity contribution < 1.29 is 9.66 Å². The fourth-order valence-electron chi connectivity index (χ4n) is 4.30. The smallest absolute Gasteiger partial charge is 0.269 e. The van der Waals surface area contributed by atoms with Gasteiger partial charge in [-0.05, 0) is 25.0 Å². The Morgan fingerprint density at radius 1 is 0.963 bits per heavy atom. The second-order valence-electron chi connectivity index (χ2n) is 7.32. The van der Waals surface area contributed by atoms with Crippen LogP contribution in [0.15, 0.2) is 54.6 Å². The van der Waals surface area contributed by atoms with E-state index in [0.29, 0.717) is 18.3 Å². The minimum Gasteiger partial charge on any atom is -0.622 e. The molecule has 6 heteroatoms. The first-order valence-electron chi connectivity index (χ1n) is 9.53. The SMILES string of the molecule is O=[N+]([O-])c1ccc(C2=[N+]([O-])C(c3ccccc3)N(C3CCCCC3)C2)cc1. The lowest BCUT2D eigenvalue weighted by Gasteiger charge is -2.33. The Bertz CT molecular complexity index is 843. The van der Waals surface area contributed by atoms with Gasteiger partial charge >= 0.3 is 0 Å². The van der Waals surface area contributed by atoms with E-state index in [-0.39, 0.29) is 11.9 Å². The number of rotatable bonds is 4. The third-order valence-electron chi connectivity index (χ3n) is 5.69. The molecule has 4 rings (SSSR count). The van der Waals surface area contributed by atoms with Crippen molar-refractivity contribution in [2.24, 2.45) is 0 Å². The second-order valence-corrected chi connectivity index (χ2v) is 7.32. The van der Waals surface area contributed by atoms with Gasteiger partial charge in [0.1, 0.15) is 0 Å². The van der Waals surface area contributed by atoms with Gasteiger partial charge in [-0.15, -0.1) is 0 Å². The highest BCUT2D eigenvalue weighted by molar-refractivity contribution is 5.99. The van der Waals surface area contributed by atoms with Gasteiger partial charge in [-0.1, -0.05) is 49.6 Å². The van der Waals surface area contributed by atoms with Gasteiger partial charge in [-0.25, -0.2) is 4.90 Å². The Morgan fingerprint density at radius 2 is 1.63 bits per heavy atom. The first kappa shape index (κ1) is 17.7. The first-order valence-corrected chi connectivity index (χ1v) is 9.53. The maximum atomic E-state index is 13.3. The van der Waals surface area contributed by atoms with E-state index in [1.54, 1.807) is 12.1 Å². The predicted molar refractivity (Wildman–Crippen MR) is 104 cm³/mol. The van der Waals surface area contributed by atoms with Crippen LogP contribution in [-0.2, 0) is 0 Å². The van der Waals surface area contributed by atoms with Crippen LogP contribution < -0.4 is 0 Å². The zero-order chi connectivity index (χ0) is 18.8. The Hall–Kier alpha value is -2.73. The Balaban J connectivity index is 1.70. The molecule has 0 bridgehead atoms. The van der Waals surface area contributed by atoms with E-state index in [0.717, 1.165) is 28.7 Å². The molecule has 0 saturated heterocycles. The Kier molecular flexibility index (Phi) is 4.90. The number of hydrogen-bond donors (Lipinski definition) is 0. The van der Waals surface area contributed by atoms with Crippen LogP contribution in [0.25, 0.3) is 0 Å². The molecule has 2 aromatic rings. The molecule has 0 aromatic heterocycles. The van der Waals surface area contributed by atoms with Gasteiger partial charge in [0.05, 0.1) is 11.5 Å². The van der Waals surface area contributed by atoms with Gasteiger partial charge in [-0.3, -0.25) is 10.1 Å². The standard InChI is InChI=1S/C21H23N3O3/c25-23-20(16-11-13-19(14-12-16)24(26)27)15-22(18-9-5-2-6-10-18)21(23)17-7-3-1-4-8-17/h1,3-4,7-8,11-14,18,21H,2,5-6,9-10,15H2. The summed E-state index contributed by atoms with van der Waals surface area (Å²) in [5.41, 5.74) is 2.48. The summed E-state index contributed by atoms with van der Waals surface area (Å²) in [6.45, 7) is 0.575. The third-order valence-corrected chi connectivity index (χ3v) is 5.69. The lowest BCUT2D eigenvalue weighted by molar-refractivity contribution is -0.524. The van der Waals surface area contributed by atoms with Crippen molar-refractivity contribution in [3.05, 3.63) is 81.0 Å². The van der Waals surface area contributed by atoms with Crippen LogP contribution in [0, 0.1) is 15.3 Å². The number of nitro benzene ring substituents is 1. The predicted octanol–water partition coefficient (Wildman–Crippen LogP) is 4.24. The van der Waals surface area contributed by atoms with Crippen LogP contribution in [0.3, 0.4) is 0 Å². The highest BCUT2D eigenvalue weighted by Gasteiger charge is 2.42. The minimum absolute atomic E-state index is 0.0403. The molecular weight excluding hydrogens is 342 g/mol. The van der Waals surface area contributed by atoms with Gasteiger partial charge in [-0.2, -0.15) is 4.74 Å². The number of nitro groups is 1. The summed E-state index contributed by atoms with van der Waals surface area (Å²) in [6, 6.07) is 16.6. The van der Waals surface area contributed by atoms with Crippen molar-refractivity contribution in [2.45, 2.75) is 44.3 Å². The number of nitrogens with zero attached hydrogens (tertiary/aromatic N) is 3. The van der Waals surface area contributed by atoms with Crippen molar-refractivity contribution in [1.29, 1.82) is 0 Å². The average molecular weight is 365 g/mol. The maximum Gasteiger partial charge on any atom is 0.269 e. The summed E-state index contributed by atoms with van der Waals surface area (Å²) in [7, 11) is 0. The molecule has 1 aliphatic carbocycles. The Labute approximate surface area is 158 Å². The van der Waals surface area contributed by atoms with Gasteiger partial charge in [0.2, 0.25) is 11.9 Å². The average Bonchev–Trinajstić information content (AvgIpc) is 3.06. The molecule has 1 heterocycles. The van der Waals surface area contributed by atoms with Crippen molar-refractivity contribution in [3.8, 4) is 0 Å². The van der Waals surface area contributed by atoms with Gasteiger partial charge in [0.15, 0.2) is 0 Å². The van der Waals surface area contributed by atoms with E-state index in [2.05, 4.69) is 4.90 Å². The van der Waals surface area contributed by atoms with Crippen molar-refractivity contribution in [3.63, 3.8) is 0 Å². The van der Waals surface area contributed by atoms with Crippen molar-refractivity contribution in [2.75, 3.05) is 6.54 Å². The lowest BCUT2D eigenvalue weighted by Crippen LogP contribution is -2.39. The van der Waals surface area contributed by atoms with E-state index < -0.39 is 4.92 Å². The molecule has 1 atom stereocenters. The van der Waals surface area contributed by atoms with E-state index in [9.17, 15) is 15.3 Å². The highest BCUT2D eigenvalue weighted by atomic mass is 16.6. The van der Waals surface area contributed by atoms with E-state index >= 15 is 0 Å². The normalized spacial score (nSPS) is 21.6. The quantitative estimate of drug-likeness (QED) is 0.352. The summed E-state index contributed by atoms with van der Waals surface area (Å²) < 4.78 is 1.10. The van der Waals surface area contributed by atoms with Crippen LogP contribution in [0.2, 0.25) is 0 Å². The molecule has 1 fully saturated rings. The zero-order valence-corrected chi connectivity index (χ0v) is 15.2. The number of benzene rings is 2. The minimum atomic E-state index is -0.417. The third kappa shape index (κ3) is 3.45. The summed E-state index contributed by atoms with van der Waals surface area (Å²) >= 11 is 0. The van der Waals surface area contributed by atoms with Crippen LogP contribution >= 0.6 is 0 Å². The van der Waals surface area contributed by atoms with Crippen LogP contribution in [0.4, 0.5) is 5.69 Å². The molecule has 2 aliphatic rings. The van der Waals surface area contributed by atoms with Crippen LogP contribution in [0.1, 0.15) is 49.4 Å². The molecule has 0 radical (unpaired) electrons. The number of hydrogen-bond acceptors (Lipinski definition) is 4. The molecular formula is C21H23N3O3. The van der Waals surface area contributed by atoms with Gasteiger partial charge in [0, 0.05) is 29.3 Å². The van der Waals surface area contributed by atoms with Gasteiger partial charge in [0.25, 0.3) is 5.69 Å². The molecule has 0 N–H and O–H groups in total. The first-order chi connectivity index (χ1) is 13.1.